The number of aliphatic hydroxyl groups excluding tert-OH is 1. The Bertz CT molecular complexity index is 234. The molecule has 0 aromatic heterocycles. The number of carbonyl (C=O) groups is 1. The average molecular weight is 258 g/mol. The molecule has 108 valence electrons. The molecule has 4 nitrogen and oxygen atoms in total. The zero-order chi connectivity index (χ0) is 14.2. The molecule has 0 radical (unpaired) electrons. The summed E-state index contributed by atoms with van der Waals surface area (Å²) in [6, 6.07) is -0.0866. The van der Waals surface area contributed by atoms with E-state index in [1.54, 1.807) is 0 Å². The molecule has 0 spiro atoms. The van der Waals surface area contributed by atoms with Crippen LogP contribution in [0.15, 0.2) is 0 Å². The van der Waals surface area contributed by atoms with Gasteiger partial charge >= 0.3 is 0 Å². The molecule has 0 saturated carbocycles. The minimum atomic E-state index is -0.0866. The van der Waals surface area contributed by atoms with Gasteiger partial charge in [-0.2, -0.15) is 0 Å². The van der Waals surface area contributed by atoms with E-state index < -0.39 is 0 Å². The summed E-state index contributed by atoms with van der Waals surface area (Å²) in [5.41, 5.74) is 0.368. The van der Waals surface area contributed by atoms with Gasteiger partial charge in [0.25, 0.3) is 0 Å². The second-order valence-corrected chi connectivity index (χ2v) is 6.30. The van der Waals surface area contributed by atoms with Gasteiger partial charge in [-0.05, 0) is 32.4 Å². The van der Waals surface area contributed by atoms with Gasteiger partial charge in [0.05, 0.1) is 12.6 Å². The van der Waals surface area contributed by atoms with Gasteiger partial charge in [-0.1, -0.05) is 33.6 Å². The van der Waals surface area contributed by atoms with Crippen LogP contribution in [0.1, 0.15) is 46.5 Å². The van der Waals surface area contributed by atoms with E-state index in [0.29, 0.717) is 12.0 Å². The van der Waals surface area contributed by atoms with E-state index in [1.165, 1.54) is 6.42 Å². The second-order valence-electron chi connectivity index (χ2n) is 6.30. The van der Waals surface area contributed by atoms with Crippen molar-refractivity contribution < 1.29 is 9.90 Å². The number of rotatable bonds is 8. The summed E-state index contributed by atoms with van der Waals surface area (Å²) in [4.78, 5) is 13.8. The van der Waals surface area contributed by atoms with E-state index in [-0.39, 0.29) is 18.6 Å². The predicted molar refractivity (Wildman–Crippen MR) is 75.5 cm³/mol. The third-order valence-corrected chi connectivity index (χ3v) is 2.99. The highest BCUT2D eigenvalue weighted by atomic mass is 16.3. The molecule has 1 unspecified atom stereocenters. The molecule has 0 bridgehead atoms. The summed E-state index contributed by atoms with van der Waals surface area (Å²) in [7, 11) is 3.85. The van der Waals surface area contributed by atoms with E-state index in [4.69, 9.17) is 5.11 Å². The van der Waals surface area contributed by atoms with Crippen LogP contribution in [-0.2, 0) is 4.79 Å². The summed E-state index contributed by atoms with van der Waals surface area (Å²) < 4.78 is 0. The first-order valence-electron chi connectivity index (χ1n) is 6.83. The van der Waals surface area contributed by atoms with Gasteiger partial charge in [-0.25, -0.2) is 0 Å². The SMILES string of the molecule is CN(C)C(CCCCC(C)(C)C)C(=O)NCCO. The number of hydrogen-bond acceptors (Lipinski definition) is 3. The Morgan fingerprint density at radius 2 is 1.89 bits per heavy atom. The van der Waals surface area contributed by atoms with Crippen molar-refractivity contribution in [2.24, 2.45) is 5.41 Å². The van der Waals surface area contributed by atoms with Crippen LogP contribution < -0.4 is 5.32 Å². The Hall–Kier alpha value is -0.610. The van der Waals surface area contributed by atoms with Crippen LogP contribution in [0.3, 0.4) is 0 Å². The lowest BCUT2D eigenvalue weighted by molar-refractivity contribution is -0.126. The number of hydrogen-bond donors (Lipinski definition) is 2. The Balaban J connectivity index is 4.01. The quantitative estimate of drug-likeness (QED) is 0.651. The van der Waals surface area contributed by atoms with Crippen molar-refractivity contribution in [3.8, 4) is 0 Å². The van der Waals surface area contributed by atoms with Crippen molar-refractivity contribution in [1.82, 2.24) is 10.2 Å². The molecule has 0 aliphatic rings. The molecular formula is C14H30N2O2. The summed E-state index contributed by atoms with van der Waals surface area (Å²) in [5.74, 6) is 0.0183. The van der Waals surface area contributed by atoms with Gasteiger partial charge in [0.1, 0.15) is 0 Å². The zero-order valence-electron chi connectivity index (χ0n) is 12.6. The highest BCUT2D eigenvalue weighted by molar-refractivity contribution is 5.81. The monoisotopic (exact) mass is 258 g/mol. The van der Waals surface area contributed by atoms with Crippen molar-refractivity contribution in [2.75, 3.05) is 27.2 Å². The average Bonchev–Trinajstić information content (AvgIpc) is 2.23. The molecule has 0 heterocycles. The third-order valence-electron chi connectivity index (χ3n) is 2.99. The summed E-state index contributed by atoms with van der Waals surface area (Å²) >= 11 is 0. The number of aliphatic hydroxyl groups is 1. The van der Waals surface area contributed by atoms with Crippen molar-refractivity contribution in [3.05, 3.63) is 0 Å². The fourth-order valence-corrected chi connectivity index (χ4v) is 1.91. The van der Waals surface area contributed by atoms with Crippen LogP contribution in [0.4, 0.5) is 0 Å². The van der Waals surface area contributed by atoms with Crippen LogP contribution >= 0.6 is 0 Å². The minimum Gasteiger partial charge on any atom is -0.395 e. The van der Waals surface area contributed by atoms with Crippen LogP contribution in [0.2, 0.25) is 0 Å². The molecule has 1 atom stereocenters. The van der Waals surface area contributed by atoms with E-state index >= 15 is 0 Å². The fourth-order valence-electron chi connectivity index (χ4n) is 1.91. The van der Waals surface area contributed by atoms with Gasteiger partial charge < -0.3 is 10.4 Å². The summed E-state index contributed by atoms with van der Waals surface area (Å²) in [6.07, 6.45) is 4.28. The molecule has 0 aromatic carbocycles. The molecule has 0 fully saturated rings. The van der Waals surface area contributed by atoms with Gasteiger partial charge in [-0.15, -0.1) is 0 Å². The normalized spacial score (nSPS) is 13.7. The lowest BCUT2D eigenvalue weighted by Crippen LogP contribution is -2.44. The maximum Gasteiger partial charge on any atom is 0.237 e. The second kappa shape index (κ2) is 8.48. The number of amides is 1. The van der Waals surface area contributed by atoms with Crippen LogP contribution in [0.25, 0.3) is 0 Å². The first-order chi connectivity index (χ1) is 8.28. The van der Waals surface area contributed by atoms with E-state index in [1.807, 2.05) is 19.0 Å². The number of nitrogens with zero attached hydrogens (tertiary/aromatic N) is 1. The fraction of sp³-hybridized carbons (Fsp3) is 0.929. The summed E-state index contributed by atoms with van der Waals surface area (Å²) in [5, 5.41) is 11.5. The molecular weight excluding hydrogens is 228 g/mol. The van der Waals surface area contributed by atoms with Gasteiger partial charge in [0.15, 0.2) is 0 Å². The highest BCUT2D eigenvalue weighted by Crippen LogP contribution is 2.22. The molecule has 1 amide bonds. The lowest BCUT2D eigenvalue weighted by atomic mass is 9.89. The Morgan fingerprint density at radius 1 is 1.28 bits per heavy atom. The third kappa shape index (κ3) is 8.48. The molecule has 4 heteroatoms. The van der Waals surface area contributed by atoms with Crippen LogP contribution in [0, 0.1) is 5.41 Å². The molecule has 0 aliphatic heterocycles. The van der Waals surface area contributed by atoms with Crippen molar-refractivity contribution in [3.63, 3.8) is 0 Å². The standard InChI is InChI=1S/C14H30N2O2/c1-14(2,3)9-7-6-8-12(16(4)5)13(18)15-10-11-17/h12,17H,6-11H2,1-5H3,(H,15,18). The molecule has 0 rings (SSSR count). The van der Waals surface area contributed by atoms with E-state index in [2.05, 4.69) is 26.1 Å². The lowest BCUT2D eigenvalue weighted by Gasteiger charge is -2.24. The molecule has 0 saturated heterocycles. The smallest absolute Gasteiger partial charge is 0.237 e. The number of unbranched alkanes of at least 4 members (excludes halogenated alkanes) is 1. The van der Waals surface area contributed by atoms with Gasteiger partial charge in [0.2, 0.25) is 5.91 Å². The first kappa shape index (κ1) is 17.4. The van der Waals surface area contributed by atoms with Crippen molar-refractivity contribution >= 4 is 5.91 Å². The number of likely N-dealkylation sites (N-methyl/N-ethyl adjacent to an activating group) is 1. The van der Waals surface area contributed by atoms with E-state index in [0.717, 1.165) is 19.3 Å². The van der Waals surface area contributed by atoms with E-state index in [9.17, 15) is 4.79 Å². The molecule has 18 heavy (non-hydrogen) atoms. The minimum absolute atomic E-state index is 0.00405. The maximum atomic E-state index is 11.9. The largest absolute Gasteiger partial charge is 0.395 e. The number of nitrogens with one attached hydrogen (secondary N) is 1. The molecule has 0 aromatic rings. The van der Waals surface area contributed by atoms with Crippen molar-refractivity contribution in [1.29, 1.82) is 0 Å². The zero-order valence-corrected chi connectivity index (χ0v) is 12.6. The summed E-state index contributed by atoms with van der Waals surface area (Å²) in [6.45, 7) is 7.06. The topological polar surface area (TPSA) is 52.6 Å². The Kier molecular flexibility index (Phi) is 8.20. The number of carbonyl (C=O) groups excluding carboxylic acids is 1. The van der Waals surface area contributed by atoms with Crippen LogP contribution in [-0.4, -0.2) is 49.2 Å². The molecule has 2 N–H and O–H groups in total. The van der Waals surface area contributed by atoms with Crippen molar-refractivity contribution in [2.45, 2.75) is 52.5 Å². The first-order valence-corrected chi connectivity index (χ1v) is 6.83. The highest BCUT2D eigenvalue weighted by Gasteiger charge is 2.20. The van der Waals surface area contributed by atoms with Crippen LogP contribution in [0.5, 0.6) is 0 Å². The van der Waals surface area contributed by atoms with Gasteiger partial charge in [0, 0.05) is 6.54 Å². The maximum absolute atomic E-state index is 11.9. The Morgan fingerprint density at radius 3 is 2.33 bits per heavy atom. The molecule has 0 aliphatic carbocycles. The van der Waals surface area contributed by atoms with Gasteiger partial charge in [-0.3, -0.25) is 9.69 Å². The Labute approximate surface area is 112 Å². The predicted octanol–water partition coefficient (Wildman–Crippen LogP) is 1.63.